The number of fused-ring (bicyclic) bond motifs is 6. The molecule has 10 nitrogen and oxygen atoms in total. The molecule has 1 aromatic rings. The lowest BCUT2D eigenvalue weighted by Gasteiger charge is -2.47. The van der Waals surface area contributed by atoms with Gasteiger partial charge >= 0.3 is 11.9 Å². The van der Waals surface area contributed by atoms with E-state index in [1.807, 2.05) is 0 Å². The number of esters is 2. The first-order valence-electron chi connectivity index (χ1n) is 9.10. The third-order valence-electron chi connectivity index (χ3n) is 5.43. The fourth-order valence-corrected chi connectivity index (χ4v) is 4.33. The average molecular weight is 404 g/mol. The maximum Gasteiger partial charge on any atom is 0.308 e. The Morgan fingerprint density at radius 2 is 2.00 bits per heavy atom. The highest BCUT2D eigenvalue weighted by Gasteiger charge is 2.71. The Morgan fingerprint density at radius 3 is 2.59 bits per heavy atom. The van der Waals surface area contributed by atoms with Gasteiger partial charge in [0.25, 0.3) is 0 Å². The van der Waals surface area contributed by atoms with E-state index in [4.69, 9.17) is 14.3 Å². The number of benzene rings is 1. The van der Waals surface area contributed by atoms with Crippen molar-refractivity contribution in [2.45, 2.75) is 44.6 Å². The van der Waals surface area contributed by atoms with Gasteiger partial charge in [-0.15, -0.1) is 0 Å². The number of nitrogens with zero attached hydrogens (tertiary/aromatic N) is 2. The van der Waals surface area contributed by atoms with Crippen LogP contribution in [0.2, 0.25) is 0 Å². The topological polar surface area (TPSA) is 122 Å². The highest BCUT2D eigenvalue weighted by Crippen LogP contribution is 2.56. The molecular formula is C19H20N2O8. The number of rotatable bonds is 4. The van der Waals surface area contributed by atoms with Crippen LogP contribution >= 0.6 is 0 Å². The number of anilines is 1. The van der Waals surface area contributed by atoms with E-state index in [0.717, 1.165) is 0 Å². The van der Waals surface area contributed by atoms with Crippen LogP contribution < -0.4 is 9.80 Å². The Kier molecular flexibility index (Phi) is 4.35. The standard InChI is InChI=1S/C19H20N2O8/c1-9(23)21-15-6-20-14-4-12(7-22)5-16(28-11(3)25)17(14)13(8-27-10(2)24)19(26,29-20)18(15)21/h4-5,7,13,15,18,26H,6,8H2,1-3H3. The summed E-state index contributed by atoms with van der Waals surface area (Å²) in [5.41, 5.74) is 1.01. The Labute approximate surface area is 165 Å². The Bertz CT molecular complexity index is 931. The van der Waals surface area contributed by atoms with E-state index in [1.165, 1.54) is 42.9 Å². The molecule has 29 heavy (non-hydrogen) atoms. The van der Waals surface area contributed by atoms with Gasteiger partial charge in [-0.25, -0.2) is 9.90 Å². The monoisotopic (exact) mass is 404 g/mol. The molecule has 4 unspecified atom stereocenters. The van der Waals surface area contributed by atoms with Crippen molar-refractivity contribution in [3.8, 4) is 5.75 Å². The van der Waals surface area contributed by atoms with Crippen molar-refractivity contribution in [1.29, 1.82) is 0 Å². The van der Waals surface area contributed by atoms with E-state index in [1.54, 1.807) is 0 Å². The minimum Gasteiger partial charge on any atom is -0.465 e. The molecule has 3 aliphatic heterocycles. The van der Waals surface area contributed by atoms with Crippen molar-refractivity contribution in [3.63, 3.8) is 0 Å². The summed E-state index contributed by atoms with van der Waals surface area (Å²) >= 11 is 0. The van der Waals surface area contributed by atoms with E-state index in [-0.39, 0.29) is 36.4 Å². The quantitative estimate of drug-likeness (QED) is 0.323. The van der Waals surface area contributed by atoms with Crippen molar-refractivity contribution in [2.75, 3.05) is 18.2 Å². The number of aldehydes is 1. The molecule has 0 saturated carbocycles. The van der Waals surface area contributed by atoms with Crippen molar-refractivity contribution < 1.29 is 38.6 Å². The van der Waals surface area contributed by atoms with Crippen LogP contribution in [-0.2, 0) is 24.0 Å². The third kappa shape index (κ3) is 2.95. The number of hydroxylamine groups is 1. The number of aliphatic hydroxyl groups is 1. The van der Waals surface area contributed by atoms with Crippen LogP contribution in [0, 0.1) is 0 Å². The lowest BCUT2D eigenvalue weighted by atomic mass is 9.82. The second kappa shape index (κ2) is 6.53. The molecule has 1 N–H and O–H groups in total. The predicted octanol–water partition coefficient (Wildman–Crippen LogP) is 0.124. The van der Waals surface area contributed by atoms with Gasteiger partial charge in [-0.3, -0.25) is 19.2 Å². The number of amides is 1. The van der Waals surface area contributed by atoms with Crippen LogP contribution in [0.5, 0.6) is 5.75 Å². The first-order chi connectivity index (χ1) is 13.7. The second-order valence-corrected chi connectivity index (χ2v) is 7.36. The van der Waals surface area contributed by atoms with Crippen LogP contribution in [-0.4, -0.2) is 65.2 Å². The summed E-state index contributed by atoms with van der Waals surface area (Å²) in [4.78, 5) is 53.8. The molecular weight excluding hydrogens is 384 g/mol. The molecule has 4 rings (SSSR count). The van der Waals surface area contributed by atoms with Crippen LogP contribution in [0.1, 0.15) is 42.6 Å². The zero-order valence-electron chi connectivity index (χ0n) is 16.1. The number of hydrogen-bond acceptors (Lipinski definition) is 9. The lowest BCUT2D eigenvalue weighted by Crippen LogP contribution is -2.59. The minimum absolute atomic E-state index is 0.0643. The van der Waals surface area contributed by atoms with Crippen LogP contribution in [0.25, 0.3) is 0 Å². The van der Waals surface area contributed by atoms with E-state index in [2.05, 4.69) is 0 Å². The number of carbonyl (C=O) groups is 4. The summed E-state index contributed by atoms with van der Waals surface area (Å²) in [7, 11) is 0. The van der Waals surface area contributed by atoms with Gasteiger partial charge in [-0.2, -0.15) is 0 Å². The fraction of sp³-hybridized carbons (Fsp3) is 0.474. The molecule has 0 radical (unpaired) electrons. The molecule has 0 spiro atoms. The smallest absolute Gasteiger partial charge is 0.308 e. The molecule has 0 aliphatic carbocycles. The van der Waals surface area contributed by atoms with E-state index < -0.39 is 29.7 Å². The summed E-state index contributed by atoms with van der Waals surface area (Å²) in [6, 6.07) is 1.99. The Hall–Kier alpha value is -2.98. The summed E-state index contributed by atoms with van der Waals surface area (Å²) in [6.07, 6.45) is 0.598. The van der Waals surface area contributed by atoms with Gasteiger partial charge in [-0.1, -0.05) is 0 Å². The Balaban J connectivity index is 1.88. The fourth-order valence-electron chi connectivity index (χ4n) is 4.33. The van der Waals surface area contributed by atoms with Crippen molar-refractivity contribution in [3.05, 3.63) is 23.3 Å². The minimum atomic E-state index is -1.89. The normalized spacial score (nSPS) is 28.8. The molecule has 10 heteroatoms. The second-order valence-electron chi connectivity index (χ2n) is 7.36. The SMILES string of the molecule is CC(=O)OCC1c2c(OC(C)=O)cc(C=O)cc2N2CC3C(N3C(C)=O)C1(O)O2. The first-order valence-corrected chi connectivity index (χ1v) is 9.10. The lowest BCUT2D eigenvalue weighted by molar-refractivity contribution is -0.251. The number of hydrogen-bond donors (Lipinski definition) is 1. The molecule has 3 heterocycles. The maximum absolute atomic E-state index is 12.0. The molecule has 154 valence electrons. The maximum atomic E-state index is 12.0. The molecule has 4 atom stereocenters. The van der Waals surface area contributed by atoms with Crippen LogP contribution in [0.15, 0.2) is 12.1 Å². The molecule has 1 amide bonds. The summed E-state index contributed by atoms with van der Waals surface area (Å²) in [5.74, 6) is -4.19. The zero-order valence-corrected chi connectivity index (χ0v) is 16.1. The van der Waals surface area contributed by atoms with Crippen molar-refractivity contribution in [1.82, 2.24) is 4.90 Å². The largest absolute Gasteiger partial charge is 0.465 e. The predicted molar refractivity (Wildman–Crippen MR) is 96.0 cm³/mol. The zero-order chi connectivity index (χ0) is 21.1. The molecule has 1 aromatic carbocycles. The summed E-state index contributed by atoms with van der Waals surface area (Å²) in [5, 5.41) is 12.9. The van der Waals surface area contributed by atoms with Gasteiger partial charge in [0, 0.05) is 31.9 Å². The van der Waals surface area contributed by atoms with Crippen LogP contribution in [0.3, 0.4) is 0 Å². The third-order valence-corrected chi connectivity index (χ3v) is 5.43. The van der Waals surface area contributed by atoms with Gasteiger partial charge < -0.3 is 19.5 Å². The van der Waals surface area contributed by atoms with E-state index in [0.29, 0.717) is 17.5 Å². The van der Waals surface area contributed by atoms with Gasteiger partial charge in [0.2, 0.25) is 11.7 Å². The molecule has 0 aromatic heterocycles. The summed E-state index contributed by atoms with van der Waals surface area (Å²) in [6.45, 7) is 3.83. The van der Waals surface area contributed by atoms with Gasteiger partial charge in [0.1, 0.15) is 24.7 Å². The van der Waals surface area contributed by atoms with Crippen LogP contribution in [0.4, 0.5) is 5.69 Å². The highest BCUT2D eigenvalue weighted by atomic mass is 16.8. The van der Waals surface area contributed by atoms with E-state index in [9.17, 15) is 24.3 Å². The molecule has 2 fully saturated rings. The van der Waals surface area contributed by atoms with E-state index >= 15 is 0 Å². The van der Waals surface area contributed by atoms with Gasteiger partial charge in [-0.05, 0) is 12.1 Å². The highest BCUT2D eigenvalue weighted by molar-refractivity contribution is 5.83. The summed E-state index contributed by atoms with van der Waals surface area (Å²) < 4.78 is 10.5. The first kappa shape index (κ1) is 19.3. The average Bonchev–Trinajstić information content (AvgIpc) is 3.36. The van der Waals surface area contributed by atoms with Crippen molar-refractivity contribution >= 4 is 29.8 Å². The number of ether oxygens (including phenoxy) is 2. The van der Waals surface area contributed by atoms with Crippen molar-refractivity contribution in [2.24, 2.45) is 0 Å². The Morgan fingerprint density at radius 1 is 1.28 bits per heavy atom. The molecule has 3 aliphatic rings. The molecule has 2 bridgehead atoms. The molecule has 2 saturated heterocycles. The van der Waals surface area contributed by atoms with Gasteiger partial charge in [0.15, 0.2) is 0 Å². The number of carbonyl (C=O) groups excluding carboxylic acids is 4. The van der Waals surface area contributed by atoms with Gasteiger partial charge in [0.05, 0.1) is 24.2 Å².